The number of hydrogen-bond acceptors (Lipinski definition) is 7. The van der Waals surface area contributed by atoms with Gasteiger partial charge in [-0.25, -0.2) is 9.97 Å². The van der Waals surface area contributed by atoms with Crippen LogP contribution in [0.2, 0.25) is 0 Å². The summed E-state index contributed by atoms with van der Waals surface area (Å²) in [6.07, 6.45) is 5.18. The second-order valence-electron chi connectivity index (χ2n) is 7.57. The van der Waals surface area contributed by atoms with Crippen molar-refractivity contribution in [2.24, 2.45) is 5.92 Å². The molecule has 1 N–H and O–H groups in total. The quantitative estimate of drug-likeness (QED) is 0.741. The Morgan fingerprint density at radius 2 is 1.73 bits per heavy atom. The molecule has 0 amide bonds. The number of pyridine rings is 1. The minimum absolute atomic E-state index is 0.121. The van der Waals surface area contributed by atoms with Crippen molar-refractivity contribution < 1.29 is 4.52 Å². The molecule has 3 aromatic rings. The smallest absolute Gasteiger partial charge is 0.249 e. The van der Waals surface area contributed by atoms with E-state index in [0.717, 1.165) is 17.2 Å². The van der Waals surface area contributed by atoms with Crippen molar-refractivity contribution in [1.29, 1.82) is 0 Å². The lowest BCUT2D eigenvalue weighted by atomic mass is 9.96. The summed E-state index contributed by atoms with van der Waals surface area (Å²) < 4.78 is 5.52. The molecular formula is C19H24N6O. The Labute approximate surface area is 153 Å². The molecule has 0 saturated carbocycles. The largest absolute Gasteiger partial charge is 0.358 e. The minimum atomic E-state index is -0.152. The van der Waals surface area contributed by atoms with Crippen molar-refractivity contribution >= 4 is 5.82 Å². The molecule has 1 unspecified atom stereocenters. The Morgan fingerprint density at radius 1 is 1.00 bits per heavy atom. The highest BCUT2D eigenvalue weighted by Crippen LogP contribution is 2.27. The molecule has 0 aliphatic heterocycles. The molecule has 0 fully saturated rings. The average molecular weight is 352 g/mol. The van der Waals surface area contributed by atoms with Crippen molar-refractivity contribution in [2.45, 2.75) is 46.1 Å². The molecule has 7 heteroatoms. The van der Waals surface area contributed by atoms with Crippen LogP contribution in [0, 0.1) is 5.92 Å². The topological polar surface area (TPSA) is 89.6 Å². The van der Waals surface area contributed by atoms with Gasteiger partial charge in [0.25, 0.3) is 0 Å². The van der Waals surface area contributed by atoms with Gasteiger partial charge >= 0.3 is 0 Å². The van der Waals surface area contributed by atoms with Gasteiger partial charge in [0, 0.05) is 29.6 Å². The first-order valence-corrected chi connectivity index (χ1v) is 8.68. The van der Waals surface area contributed by atoms with Crippen molar-refractivity contribution in [3.63, 3.8) is 0 Å². The molecule has 3 rings (SSSR count). The van der Waals surface area contributed by atoms with Crippen LogP contribution >= 0.6 is 0 Å². The summed E-state index contributed by atoms with van der Waals surface area (Å²) in [4.78, 5) is 17.6. The van der Waals surface area contributed by atoms with Gasteiger partial charge in [0.15, 0.2) is 0 Å². The molecule has 0 saturated heterocycles. The molecule has 26 heavy (non-hydrogen) atoms. The van der Waals surface area contributed by atoms with E-state index < -0.39 is 0 Å². The molecule has 136 valence electrons. The molecule has 0 aromatic carbocycles. The zero-order valence-electron chi connectivity index (χ0n) is 15.8. The van der Waals surface area contributed by atoms with Gasteiger partial charge in [-0.15, -0.1) is 0 Å². The van der Waals surface area contributed by atoms with Crippen LogP contribution in [-0.4, -0.2) is 25.1 Å². The van der Waals surface area contributed by atoms with E-state index in [1.165, 1.54) is 0 Å². The Bertz CT molecular complexity index is 854. The van der Waals surface area contributed by atoms with E-state index in [4.69, 9.17) is 4.52 Å². The maximum atomic E-state index is 5.52. The van der Waals surface area contributed by atoms with Gasteiger partial charge in [-0.05, 0) is 24.1 Å². The zero-order valence-corrected chi connectivity index (χ0v) is 15.8. The van der Waals surface area contributed by atoms with Gasteiger partial charge in [0.1, 0.15) is 17.7 Å². The fourth-order valence-corrected chi connectivity index (χ4v) is 2.45. The molecule has 0 spiro atoms. The van der Waals surface area contributed by atoms with Crippen molar-refractivity contribution in [3.05, 3.63) is 48.5 Å². The van der Waals surface area contributed by atoms with E-state index in [9.17, 15) is 0 Å². The number of hydrogen-bond donors (Lipinski definition) is 1. The molecule has 0 bridgehead atoms. The summed E-state index contributed by atoms with van der Waals surface area (Å²) in [6, 6.07) is 5.41. The number of nitrogens with one attached hydrogen (secondary N) is 1. The Hall–Kier alpha value is -2.83. The van der Waals surface area contributed by atoms with Crippen LogP contribution in [0.4, 0.5) is 5.82 Å². The summed E-state index contributed by atoms with van der Waals surface area (Å²) in [6.45, 7) is 10.5. The lowest BCUT2D eigenvalue weighted by Gasteiger charge is -2.21. The SMILES string of the molecule is CC(C)C(Nc1ccnc(C(C)(C)C)n1)c1nc(-c2ccncc2)no1. The zero-order chi connectivity index (χ0) is 18.7. The highest BCUT2D eigenvalue weighted by atomic mass is 16.5. The lowest BCUT2D eigenvalue weighted by Crippen LogP contribution is -2.21. The third-order valence-corrected chi connectivity index (χ3v) is 3.94. The highest BCUT2D eigenvalue weighted by molar-refractivity contribution is 5.52. The fourth-order valence-electron chi connectivity index (χ4n) is 2.45. The lowest BCUT2D eigenvalue weighted by molar-refractivity contribution is 0.335. The monoisotopic (exact) mass is 352 g/mol. The van der Waals surface area contributed by atoms with E-state index in [0.29, 0.717) is 11.7 Å². The third kappa shape index (κ3) is 4.04. The molecular weight excluding hydrogens is 328 g/mol. The van der Waals surface area contributed by atoms with Crippen LogP contribution in [0.3, 0.4) is 0 Å². The number of anilines is 1. The van der Waals surface area contributed by atoms with Crippen LogP contribution in [0.15, 0.2) is 41.3 Å². The summed E-state index contributed by atoms with van der Waals surface area (Å²) in [7, 11) is 0. The van der Waals surface area contributed by atoms with Gasteiger partial charge in [0.2, 0.25) is 11.7 Å². The molecule has 3 aromatic heterocycles. The Kier molecular flexibility index (Phi) is 4.97. The van der Waals surface area contributed by atoms with Gasteiger partial charge < -0.3 is 9.84 Å². The van der Waals surface area contributed by atoms with Gasteiger partial charge in [0.05, 0.1) is 0 Å². The molecule has 0 aliphatic carbocycles. The third-order valence-electron chi connectivity index (χ3n) is 3.94. The van der Waals surface area contributed by atoms with Crippen LogP contribution in [-0.2, 0) is 5.41 Å². The van der Waals surface area contributed by atoms with Crippen LogP contribution in [0.25, 0.3) is 11.4 Å². The van der Waals surface area contributed by atoms with Crippen molar-refractivity contribution in [1.82, 2.24) is 25.1 Å². The molecule has 1 atom stereocenters. The van der Waals surface area contributed by atoms with E-state index in [1.54, 1.807) is 18.6 Å². The van der Waals surface area contributed by atoms with Gasteiger partial charge in [-0.3, -0.25) is 4.98 Å². The molecule has 0 radical (unpaired) electrons. The van der Waals surface area contributed by atoms with E-state index in [1.807, 2.05) is 18.2 Å². The standard InChI is InChI=1S/C19H24N6O/c1-12(2)15(22-14-8-11-21-18(23-14)19(3,4)5)17-24-16(25-26-17)13-6-9-20-10-7-13/h6-12,15H,1-5H3,(H,21,22,23). The number of nitrogens with zero attached hydrogens (tertiary/aromatic N) is 5. The van der Waals surface area contributed by atoms with Gasteiger partial charge in [-0.2, -0.15) is 4.98 Å². The van der Waals surface area contributed by atoms with Crippen LogP contribution in [0.1, 0.15) is 52.4 Å². The van der Waals surface area contributed by atoms with Crippen LogP contribution < -0.4 is 5.32 Å². The Morgan fingerprint density at radius 3 is 2.38 bits per heavy atom. The van der Waals surface area contributed by atoms with E-state index >= 15 is 0 Å². The van der Waals surface area contributed by atoms with Gasteiger partial charge in [-0.1, -0.05) is 39.8 Å². The van der Waals surface area contributed by atoms with Crippen molar-refractivity contribution in [2.75, 3.05) is 5.32 Å². The Balaban J connectivity index is 1.86. The maximum absolute atomic E-state index is 5.52. The van der Waals surface area contributed by atoms with E-state index in [-0.39, 0.29) is 17.4 Å². The van der Waals surface area contributed by atoms with E-state index in [2.05, 4.69) is 65.0 Å². The average Bonchev–Trinajstić information content (AvgIpc) is 3.09. The van der Waals surface area contributed by atoms with Crippen LogP contribution in [0.5, 0.6) is 0 Å². The summed E-state index contributed by atoms with van der Waals surface area (Å²) in [5.41, 5.74) is 0.749. The predicted molar refractivity (Wildman–Crippen MR) is 99.5 cm³/mol. The summed E-state index contributed by atoms with van der Waals surface area (Å²) >= 11 is 0. The molecule has 3 heterocycles. The summed E-state index contributed by atoms with van der Waals surface area (Å²) in [5, 5.41) is 7.51. The first-order valence-electron chi connectivity index (χ1n) is 8.68. The maximum Gasteiger partial charge on any atom is 0.249 e. The first kappa shape index (κ1) is 18.0. The number of aromatic nitrogens is 5. The summed E-state index contributed by atoms with van der Waals surface area (Å²) in [5.74, 6) is 2.84. The first-order chi connectivity index (χ1) is 12.3. The van der Waals surface area contributed by atoms with Crippen molar-refractivity contribution in [3.8, 4) is 11.4 Å². The molecule has 7 nitrogen and oxygen atoms in total. The minimum Gasteiger partial charge on any atom is -0.358 e. The fraction of sp³-hybridized carbons (Fsp3) is 0.421. The molecule has 0 aliphatic rings. The second kappa shape index (κ2) is 7.19. The number of rotatable bonds is 5. The normalized spacial score (nSPS) is 13.0. The second-order valence-corrected chi connectivity index (χ2v) is 7.57. The predicted octanol–water partition coefficient (Wildman–Crippen LogP) is 4.03. The highest BCUT2D eigenvalue weighted by Gasteiger charge is 2.24.